The number of rotatable bonds is 7. The lowest BCUT2D eigenvalue weighted by Gasteiger charge is -2.37. The van der Waals surface area contributed by atoms with Crippen molar-refractivity contribution in [3.8, 4) is 0 Å². The van der Waals surface area contributed by atoms with Crippen molar-refractivity contribution in [2.75, 3.05) is 46.4 Å². The van der Waals surface area contributed by atoms with E-state index >= 15 is 0 Å². The molecule has 0 spiro atoms. The Hall–Kier alpha value is -0.0700. The van der Waals surface area contributed by atoms with Crippen LogP contribution in [-0.2, 0) is 9.53 Å². The Morgan fingerprint density at radius 1 is 1.29 bits per heavy atom. The van der Waals surface area contributed by atoms with Crippen molar-refractivity contribution in [3.05, 3.63) is 0 Å². The second kappa shape index (κ2) is 12.3. The number of methoxy groups -OCH3 is 1. The average Bonchev–Trinajstić information content (AvgIpc) is 2.56. The average molecular weight is 384 g/mol. The molecule has 2 aliphatic rings. The van der Waals surface area contributed by atoms with Gasteiger partial charge in [-0.1, -0.05) is 13.3 Å². The molecule has 0 radical (unpaired) electrons. The van der Waals surface area contributed by atoms with Gasteiger partial charge >= 0.3 is 0 Å². The van der Waals surface area contributed by atoms with Gasteiger partial charge < -0.3 is 15.4 Å². The van der Waals surface area contributed by atoms with Gasteiger partial charge in [0.2, 0.25) is 5.91 Å². The third kappa shape index (κ3) is 6.34. The van der Waals surface area contributed by atoms with Gasteiger partial charge in [-0.25, -0.2) is 0 Å². The van der Waals surface area contributed by atoms with Crippen LogP contribution in [0, 0.1) is 5.41 Å². The summed E-state index contributed by atoms with van der Waals surface area (Å²) in [6.07, 6.45) is 6.91. The quantitative estimate of drug-likeness (QED) is 0.707. The SMILES string of the molecule is CCC1CCCCN1CCNC(=O)C1(COC)CCNCC1.Cl.Cl. The van der Waals surface area contributed by atoms with E-state index in [9.17, 15) is 4.79 Å². The Balaban J connectivity index is 0.00000264. The van der Waals surface area contributed by atoms with Crippen LogP contribution in [0.1, 0.15) is 45.4 Å². The fourth-order valence-corrected chi connectivity index (χ4v) is 3.94. The Morgan fingerprint density at radius 3 is 2.62 bits per heavy atom. The monoisotopic (exact) mass is 383 g/mol. The molecule has 2 heterocycles. The molecule has 2 aliphatic heterocycles. The molecule has 2 rings (SSSR count). The molecule has 144 valence electrons. The Kier molecular flexibility index (Phi) is 12.3. The van der Waals surface area contributed by atoms with Crippen molar-refractivity contribution in [2.24, 2.45) is 5.41 Å². The van der Waals surface area contributed by atoms with E-state index in [2.05, 4.69) is 22.5 Å². The number of ether oxygens (including phenoxy) is 1. The van der Waals surface area contributed by atoms with Gasteiger partial charge in [0.1, 0.15) is 0 Å². The minimum absolute atomic E-state index is 0. The molecule has 5 nitrogen and oxygen atoms in total. The van der Waals surface area contributed by atoms with Crippen LogP contribution in [-0.4, -0.2) is 63.3 Å². The molecule has 24 heavy (non-hydrogen) atoms. The lowest BCUT2D eigenvalue weighted by molar-refractivity contribution is -0.136. The number of hydrogen-bond donors (Lipinski definition) is 2. The second-order valence-electron chi connectivity index (χ2n) is 6.81. The second-order valence-corrected chi connectivity index (χ2v) is 6.81. The maximum atomic E-state index is 12.7. The van der Waals surface area contributed by atoms with E-state index in [0.29, 0.717) is 12.6 Å². The van der Waals surface area contributed by atoms with Gasteiger partial charge in [0.05, 0.1) is 12.0 Å². The Morgan fingerprint density at radius 2 is 2.00 bits per heavy atom. The van der Waals surface area contributed by atoms with E-state index in [-0.39, 0.29) is 36.1 Å². The van der Waals surface area contributed by atoms with Crippen LogP contribution < -0.4 is 10.6 Å². The lowest BCUT2D eigenvalue weighted by atomic mass is 9.78. The molecule has 2 N–H and O–H groups in total. The summed E-state index contributed by atoms with van der Waals surface area (Å²) in [6, 6.07) is 0.706. The lowest BCUT2D eigenvalue weighted by Crippen LogP contribution is -2.52. The highest BCUT2D eigenvalue weighted by atomic mass is 35.5. The van der Waals surface area contributed by atoms with E-state index in [1.54, 1.807) is 7.11 Å². The third-order valence-electron chi connectivity index (χ3n) is 5.37. The number of carbonyl (C=O) groups is 1. The first-order valence-electron chi connectivity index (χ1n) is 8.94. The first-order chi connectivity index (χ1) is 10.7. The zero-order valence-corrected chi connectivity index (χ0v) is 16.8. The molecule has 0 bridgehead atoms. The summed E-state index contributed by atoms with van der Waals surface area (Å²) in [5.74, 6) is 0.181. The summed E-state index contributed by atoms with van der Waals surface area (Å²) in [5, 5.41) is 6.51. The van der Waals surface area contributed by atoms with Crippen LogP contribution in [0.25, 0.3) is 0 Å². The number of halogens is 2. The molecule has 1 atom stereocenters. The summed E-state index contributed by atoms with van der Waals surface area (Å²) in [6.45, 7) is 7.52. The van der Waals surface area contributed by atoms with Gasteiger partial charge in [-0.15, -0.1) is 24.8 Å². The first-order valence-corrected chi connectivity index (χ1v) is 8.94. The van der Waals surface area contributed by atoms with Gasteiger partial charge in [-0.05, 0) is 51.7 Å². The predicted octanol–water partition coefficient (Wildman–Crippen LogP) is 2.23. The minimum Gasteiger partial charge on any atom is -0.384 e. The summed E-state index contributed by atoms with van der Waals surface area (Å²) < 4.78 is 5.34. The fourth-order valence-electron chi connectivity index (χ4n) is 3.94. The molecule has 0 saturated carbocycles. The van der Waals surface area contributed by atoms with E-state index in [0.717, 1.165) is 39.0 Å². The predicted molar refractivity (Wildman–Crippen MR) is 103 cm³/mol. The maximum Gasteiger partial charge on any atom is 0.228 e. The van der Waals surface area contributed by atoms with Crippen LogP contribution in [0.2, 0.25) is 0 Å². The van der Waals surface area contributed by atoms with E-state index < -0.39 is 0 Å². The van der Waals surface area contributed by atoms with E-state index in [4.69, 9.17) is 4.74 Å². The van der Waals surface area contributed by atoms with E-state index in [1.807, 2.05) is 0 Å². The van der Waals surface area contributed by atoms with Crippen molar-refractivity contribution in [1.29, 1.82) is 0 Å². The largest absolute Gasteiger partial charge is 0.384 e. The Bertz CT molecular complexity index is 347. The number of piperidine rings is 2. The molecule has 7 heteroatoms. The topological polar surface area (TPSA) is 53.6 Å². The van der Waals surface area contributed by atoms with Gasteiger partial charge in [-0.2, -0.15) is 0 Å². The van der Waals surface area contributed by atoms with Gasteiger partial charge in [-0.3, -0.25) is 9.69 Å². The van der Waals surface area contributed by atoms with Gasteiger partial charge in [0.15, 0.2) is 0 Å². The van der Waals surface area contributed by atoms with Crippen LogP contribution in [0.4, 0.5) is 0 Å². The summed E-state index contributed by atoms with van der Waals surface area (Å²) in [4.78, 5) is 15.2. The van der Waals surface area contributed by atoms with Crippen molar-refractivity contribution >= 4 is 30.7 Å². The molecule has 1 unspecified atom stereocenters. The molecule has 2 fully saturated rings. The number of amides is 1. The molecule has 0 aromatic heterocycles. The highest BCUT2D eigenvalue weighted by molar-refractivity contribution is 5.85. The first kappa shape index (κ1) is 23.9. The minimum atomic E-state index is -0.327. The summed E-state index contributed by atoms with van der Waals surface area (Å²) in [7, 11) is 1.69. The Labute approximate surface area is 159 Å². The summed E-state index contributed by atoms with van der Waals surface area (Å²) in [5.41, 5.74) is -0.327. The number of likely N-dealkylation sites (tertiary alicyclic amines) is 1. The maximum absolute atomic E-state index is 12.7. The molecule has 2 saturated heterocycles. The number of hydrogen-bond acceptors (Lipinski definition) is 4. The van der Waals surface area contributed by atoms with Crippen LogP contribution in [0.15, 0.2) is 0 Å². The molecule has 0 aromatic carbocycles. The van der Waals surface area contributed by atoms with Crippen LogP contribution >= 0.6 is 24.8 Å². The highest BCUT2D eigenvalue weighted by Crippen LogP contribution is 2.29. The summed E-state index contributed by atoms with van der Waals surface area (Å²) >= 11 is 0. The van der Waals surface area contributed by atoms with Crippen molar-refractivity contribution < 1.29 is 9.53 Å². The zero-order chi connectivity index (χ0) is 15.8. The number of nitrogens with one attached hydrogen (secondary N) is 2. The molecular formula is C17H35Cl2N3O2. The van der Waals surface area contributed by atoms with Crippen LogP contribution in [0.3, 0.4) is 0 Å². The molecule has 0 aliphatic carbocycles. The van der Waals surface area contributed by atoms with E-state index in [1.165, 1.54) is 32.2 Å². The third-order valence-corrected chi connectivity index (χ3v) is 5.37. The normalized spacial score (nSPS) is 23.7. The van der Waals surface area contributed by atoms with Crippen molar-refractivity contribution in [1.82, 2.24) is 15.5 Å². The van der Waals surface area contributed by atoms with Crippen molar-refractivity contribution in [2.45, 2.75) is 51.5 Å². The number of nitrogens with zero attached hydrogens (tertiary/aromatic N) is 1. The smallest absolute Gasteiger partial charge is 0.228 e. The fraction of sp³-hybridized carbons (Fsp3) is 0.941. The zero-order valence-electron chi connectivity index (χ0n) is 15.1. The molecule has 0 aromatic rings. The van der Waals surface area contributed by atoms with Gasteiger partial charge in [0, 0.05) is 26.2 Å². The molecule has 1 amide bonds. The molecular weight excluding hydrogens is 349 g/mol. The van der Waals surface area contributed by atoms with Crippen molar-refractivity contribution in [3.63, 3.8) is 0 Å². The number of carbonyl (C=O) groups excluding carboxylic acids is 1. The highest BCUT2D eigenvalue weighted by Gasteiger charge is 2.39. The van der Waals surface area contributed by atoms with Gasteiger partial charge in [0.25, 0.3) is 0 Å². The van der Waals surface area contributed by atoms with Crippen LogP contribution in [0.5, 0.6) is 0 Å². The standard InChI is InChI=1S/C17H33N3O2.2ClH/c1-3-15-6-4-5-12-20(15)13-11-19-16(21)17(14-22-2)7-9-18-10-8-17;;/h15,18H,3-14H2,1-2H3,(H,19,21);2*1H.